The van der Waals surface area contributed by atoms with E-state index in [2.05, 4.69) is 10.2 Å². The average molecular weight is 225 g/mol. The smallest absolute Gasteiger partial charge is 0.0800 e. The molecule has 0 saturated heterocycles. The van der Waals surface area contributed by atoms with Crippen molar-refractivity contribution in [2.24, 2.45) is 5.73 Å². The summed E-state index contributed by atoms with van der Waals surface area (Å²) in [6.45, 7) is 0.608. The predicted molar refractivity (Wildman–Crippen MR) is 60.6 cm³/mol. The number of hydrogen-bond donors (Lipinski definition) is 1. The van der Waals surface area contributed by atoms with E-state index in [0.29, 0.717) is 6.54 Å². The van der Waals surface area contributed by atoms with Crippen LogP contribution in [-0.4, -0.2) is 15.0 Å². The quantitative estimate of drug-likeness (QED) is 0.858. The van der Waals surface area contributed by atoms with Crippen LogP contribution in [0.2, 0.25) is 0 Å². The molecule has 1 atom stereocenters. The van der Waals surface area contributed by atoms with Gasteiger partial charge in [-0.1, -0.05) is 30.3 Å². The van der Waals surface area contributed by atoms with E-state index in [4.69, 9.17) is 5.73 Å². The lowest BCUT2D eigenvalue weighted by Crippen LogP contribution is -2.19. The van der Waals surface area contributed by atoms with Gasteiger partial charge in [-0.2, -0.15) is 15.0 Å². The first-order chi connectivity index (χ1) is 6.86. The summed E-state index contributed by atoms with van der Waals surface area (Å²) in [5.41, 5.74) is 7.09. The van der Waals surface area contributed by atoms with E-state index >= 15 is 0 Å². The van der Waals surface area contributed by atoms with Gasteiger partial charge in [-0.05, 0) is 5.56 Å². The molecule has 1 aromatic heterocycles. The minimum atomic E-state index is -0.0522. The van der Waals surface area contributed by atoms with Gasteiger partial charge in [0.1, 0.15) is 0 Å². The second-order valence-electron chi connectivity index (χ2n) is 3.10. The van der Waals surface area contributed by atoms with Crippen LogP contribution in [0.1, 0.15) is 11.6 Å². The third-order valence-corrected chi connectivity index (χ3v) is 2.05. The Morgan fingerprint density at radius 1 is 1.13 bits per heavy atom. The molecule has 0 aliphatic heterocycles. The van der Waals surface area contributed by atoms with E-state index in [1.807, 2.05) is 30.3 Å². The van der Waals surface area contributed by atoms with E-state index < -0.39 is 0 Å². The number of hydrogen-bond acceptors (Lipinski definition) is 3. The Labute approximate surface area is 94.5 Å². The number of benzene rings is 1. The van der Waals surface area contributed by atoms with Crippen LogP contribution in [0, 0.1) is 0 Å². The fraction of sp³-hybridized carbons (Fsp3) is 0.200. The highest BCUT2D eigenvalue weighted by Gasteiger charge is 2.06. The molecule has 1 unspecified atom stereocenters. The molecule has 0 amide bonds. The van der Waals surface area contributed by atoms with Crippen molar-refractivity contribution in [1.82, 2.24) is 15.0 Å². The van der Waals surface area contributed by atoms with Crippen LogP contribution < -0.4 is 5.73 Å². The third kappa shape index (κ3) is 3.04. The highest BCUT2D eigenvalue weighted by molar-refractivity contribution is 5.85. The van der Waals surface area contributed by atoms with Gasteiger partial charge >= 0.3 is 0 Å². The van der Waals surface area contributed by atoms with E-state index in [9.17, 15) is 0 Å². The Kier molecular flexibility index (Phi) is 4.27. The maximum atomic E-state index is 5.99. The topological polar surface area (TPSA) is 56.7 Å². The van der Waals surface area contributed by atoms with Crippen molar-refractivity contribution in [2.45, 2.75) is 12.6 Å². The first kappa shape index (κ1) is 11.7. The van der Waals surface area contributed by atoms with Crippen molar-refractivity contribution in [1.29, 1.82) is 0 Å². The molecule has 1 heterocycles. The maximum Gasteiger partial charge on any atom is 0.0800 e. The molecule has 0 bridgehead atoms. The number of rotatable bonds is 3. The lowest BCUT2D eigenvalue weighted by Gasteiger charge is -2.10. The van der Waals surface area contributed by atoms with Gasteiger partial charge in [0.25, 0.3) is 0 Å². The Morgan fingerprint density at radius 3 is 2.33 bits per heavy atom. The minimum Gasteiger partial charge on any atom is -0.322 e. The molecular weight excluding hydrogens is 212 g/mol. The van der Waals surface area contributed by atoms with Crippen LogP contribution in [0.4, 0.5) is 0 Å². The predicted octanol–water partition coefficient (Wildman–Crippen LogP) is 1.40. The monoisotopic (exact) mass is 224 g/mol. The van der Waals surface area contributed by atoms with Gasteiger partial charge in [0, 0.05) is 0 Å². The molecule has 2 aromatic rings. The van der Waals surface area contributed by atoms with Gasteiger partial charge in [0.2, 0.25) is 0 Å². The van der Waals surface area contributed by atoms with Crippen LogP contribution in [-0.2, 0) is 6.54 Å². The molecule has 0 radical (unpaired) electrons. The highest BCUT2D eigenvalue weighted by atomic mass is 35.5. The summed E-state index contributed by atoms with van der Waals surface area (Å²) >= 11 is 0. The summed E-state index contributed by atoms with van der Waals surface area (Å²) in [7, 11) is 0. The van der Waals surface area contributed by atoms with E-state index in [0.717, 1.165) is 5.56 Å². The number of aromatic nitrogens is 3. The standard InChI is InChI=1S/C10H12N4.ClH/c11-10(8-14-12-6-7-13-14)9-4-2-1-3-5-9;/h1-7,10H,8,11H2;1H. The summed E-state index contributed by atoms with van der Waals surface area (Å²) in [6, 6.07) is 9.89. The first-order valence-electron chi connectivity index (χ1n) is 4.51. The van der Waals surface area contributed by atoms with Crippen LogP contribution in [0.5, 0.6) is 0 Å². The Bertz CT molecular complexity index is 374. The summed E-state index contributed by atoms with van der Waals surface area (Å²) in [6.07, 6.45) is 3.30. The number of nitrogens with zero attached hydrogens (tertiary/aromatic N) is 3. The molecule has 15 heavy (non-hydrogen) atoms. The highest BCUT2D eigenvalue weighted by Crippen LogP contribution is 2.10. The molecule has 0 saturated carbocycles. The largest absolute Gasteiger partial charge is 0.322 e. The zero-order valence-electron chi connectivity index (χ0n) is 8.15. The van der Waals surface area contributed by atoms with E-state index in [1.165, 1.54) is 0 Å². The molecule has 5 heteroatoms. The number of halogens is 1. The molecule has 0 aliphatic carbocycles. The molecule has 2 N–H and O–H groups in total. The Morgan fingerprint density at radius 2 is 1.73 bits per heavy atom. The SMILES string of the molecule is Cl.NC(Cn1nccn1)c1ccccc1. The normalized spacial score (nSPS) is 11.8. The summed E-state index contributed by atoms with van der Waals surface area (Å²) < 4.78 is 0. The average Bonchev–Trinajstić information content (AvgIpc) is 2.72. The van der Waals surface area contributed by atoms with Crippen molar-refractivity contribution in [2.75, 3.05) is 0 Å². The molecule has 0 aliphatic rings. The minimum absolute atomic E-state index is 0. The molecular formula is C10H13ClN4. The van der Waals surface area contributed by atoms with Crippen LogP contribution in [0.25, 0.3) is 0 Å². The van der Waals surface area contributed by atoms with Gasteiger partial charge in [0.15, 0.2) is 0 Å². The van der Waals surface area contributed by atoms with Gasteiger partial charge in [0.05, 0.1) is 25.0 Å². The fourth-order valence-electron chi connectivity index (χ4n) is 1.32. The second kappa shape index (κ2) is 5.48. The van der Waals surface area contributed by atoms with Crippen LogP contribution in [0.15, 0.2) is 42.7 Å². The van der Waals surface area contributed by atoms with Gasteiger partial charge in [-0.3, -0.25) is 0 Å². The molecule has 80 valence electrons. The Balaban J connectivity index is 0.00000112. The molecule has 0 spiro atoms. The fourth-order valence-corrected chi connectivity index (χ4v) is 1.32. The molecule has 4 nitrogen and oxygen atoms in total. The van der Waals surface area contributed by atoms with E-state index in [-0.39, 0.29) is 18.4 Å². The lowest BCUT2D eigenvalue weighted by atomic mass is 10.1. The lowest BCUT2D eigenvalue weighted by molar-refractivity contribution is 0.473. The van der Waals surface area contributed by atoms with Crippen molar-refractivity contribution >= 4 is 12.4 Å². The van der Waals surface area contributed by atoms with Crippen molar-refractivity contribution in [3.05, 3.63) is 48.3 Å². The van der Waals surface area contributed by atoms with E-state index in [1.54, 1.807) is 17.2 Å². The molecule has 2 rings (SSSR count). The van der Waals surface area contributed by atoms with Crippen molar-refractivity contribution in [3.63, 3.8) is 0 Å². The van der Waals surface area contributed by atoms with Crippen molar-refractivity contribution in [3.8, 4) is 0 Å². The van der Waals surface area contributed by atoms with Crippen LogP contribution in [0.3, 0.4) is 0 Å². The zero-order chi connectivity index (χ0) is 9.80. The molecule has 1 aromatic carbocycles. The third-order valence-electron chi connectivity index (χ3n) is 2.05. The van der Waals surface area contributed by atoms with Crippen molar-refractivity contribution < 1.29 is 0 Å². The van der Waals surface area contributed by atoms with Crippen LogP contribution >= 0.6 is 12.4 Å². The number of nitrogens with two attached hydrogens (primary N) is 1. The first-order valence-corrected chi connectivity index (χ1v) is 4.51. The zero-order valence-corrected chi connectivity index (χ0v) is 8.97. The second-order valence-corrected chi connectivity index (χ2v) is 3.10. The molecule has 0 fully saturated rings. The summed E-state index contributed by atoms with van der Waals surface area (Å²) in [4.78, 5) is 1.59. The van der Waals surface area contributed by atoms with Gasteiger partial charge < -0.3 is 5.73 Å². The maximum absolute atomic E-state index is 5.99. The summed E-state index contributed by atoms with van der Waals surface area (Å²) in [5, 5.41) is 8.01. The van der Waals surface area contributed by atoms with Gasteiger partial charge in [-0.15, -0.1) is 12.4 Å². The van der Waals surface area contributed by atoms with Gasteiger partial charge in [-0.25, -0.2) is 0 Å². The Hall–Kier alpha value is -1.39. The summed E-state index contributed by atoms with van der Waals surface area (Å²) in [5.74, 6) is 0.